The Kier molecular flexibility index (Phi) is 5.85. The lowest BCUT2D eigenvalue weighted by Gasteiger charge is -2.25. The van der Waals surface area contributed by atoms with Gasteiger partial charge in [-0.1, -0.05) is 52.0 Å². The normalized spacial score (nSPS) is 13.1. The van der Waals surface area contributed by atoms with Crippen LogP contribution in [0.5, 0.6) is 0 Å². The van der Waals surface area contributed by atoms with E-state index in [0.29, 0.717) is 11.4 Å². The molecule has 0 unspecified atom stereocenters. The molecule has 0 aliphatic carbocycles. The van der Waals surface area contributed by atoms with Gasteiger partial charge in [0.2, 0.25) is 0 Å². The summed E-state index contributed by atoms with van der Waals surface area (Å²) in [6.07, 6.45) is 3.20. The molecule has 0 atom stereocenters. The number of hydrogen-bond acceptors (Lipinski definition) is 4. The fourth-order valence-corrected chi connectivity index (χ4v) is 4.30. The van der Waals surface area contributed by atoms with Crippen molar-refractivity contribution in [2.75, 3.05) is 16.8 Å². The number of amides is 3. The van der Waals surface area contributed by atoms with Crippen molar-refractivity contribution in [3.05, 3.63) is 88.7 Å². The molecule has 2 aromatic carbocycles. The van der Waals surface area contributed by atoms with E-state index < -0.39 is 11.8 Å². The number of rotatable bonds is 5. The van der Waals surface area contributed by atoms with Crippen LogP contribution in [0.1, 0.15) is 81.7 Å². The van der Waals surface area contributed by atoms with Crippen molar-refractivity contribution in [1.29, 1.82) is 0 Å². The van der Waals surface area contributed by atoms with E-state index in [1.54, 1.807) is 49.8 Å². The molecule has 3 amide bonds. The molecule has 0 N–H and O–H groups in total. The van der Waals surface area contributed by atoms with Crippen molar-refractivity contribution in [2.24, 2.45) is 0 Å². The van der Waals surface area contributed by atoms with Crippen molar-refractivity contribution in [3.63, 3.8) is 0 Å². The number of carbonyl (C=O) groups excluding carboxylic acids is 3. The zero-order valence-corrected chi connectivity index (χ0v) is 19.5. The minimum absolute atomic E-state index is 0.113. The predicted octanol–water partition coefficient (Wildman–Crippen LogP) is 5.41. The first-order chi connectivity index (χ1) is 15.7. The smallest absolute Gasteiger partial charge is 0.266 e. The first-order valence-corrected chi connectivity index (χ1v) is 11.1. The third kappa shape index (κ3) is 3.71. The number of pyridine rings is 1. The van der Waals surface area contributed by atoms with E-state index in [1.165, 1.54) is 9.80 Å². The van der Waals surface area contributed by atoms with Crippen LogP contribution in [0.4, 0.5) is 11.4 Å². The molecule has 3 aromatic rings. The van der Waals surface area contributed by atoms with Gasteiger partial charge in [0.25, 0.3) is 17.7 Å². The number of benzene rings is 2. The summed E-state index contributed by atoms with van der Waals surface area (Å²) < 4.78 is 0. The van der Waals surface area contributed by atoms with E-state index in [4.69, 9.17) is 0 Å². The van der Waals surface area contributed by atoms with Gasteiger partial charge < -0.3 is 4.90 Å². The van der Waals surface area contributed by atoms with Gasteiger partial charge in [0.1, 0.15) is 0 Å². The second kappa shape index (κ2) is 8.62. The number of anilines is 2. The Morgan fingerprint density at radius 2 is 1.42 bits per heavy atom. The molecular formula is C27H27N3O3. The molecule has 2 heterocycles. The molecule has 1 aromatic heterocycles. The van der Waals surface area contributed by atoms with Crippen LogP contribution < -0.4 is 9.80 Å². The molecular weight excluding hydrogens is 414 g/mol. The quantitative estimate of drug-likeness (QED) is 0.497. The summed E-state index contributed by atoms with van der Waals surface area (Å²) in [5.41, 5.74) is 3.75. The molecule has 6 heteroatoms. The lowest BCUT2D eigenvalue weighted by atomic mass is 9.92. The molecule has 1 aliphatic rings. The summed E-state index contributed by atoms with van der Waals surface area (Å²) in [5.74, 6) is -0.991. The van der Waals surface area contributed by atoms with E-state index >= 15 is 0 Å². The average molecular weight is 442 g/mol. The zero-order chi connectivity index (χ0) is 23.9. The number of imide groups is 1. The number of fused-ring (bicyclic) bond motifs is 1. The van der Waals surface area contributed by atoms with E-state index in [-0.39, 0.29) is 34.4 Å². The van der Waals surface area contributed by atoms with Crippen LogP contribution >= 0.6 is 0 Å². The molecule has 0 saturated carbocycles. The van der Waals surface area contributed by atoms with Gasteiger partial charge in [-0.15, -0.1) is 0 Å². The first-order valence-electron chi connectivity index (χ1n) is 11.1. The molecule has 1 aliphatic heterocycles. The maximum Gasteiger partial charge on any atom is 0.266 e. The van der Waals surface area contributed by atoms with Crippen molar-refractivity contribution in [2.45, 2.75) is 39.5 Å². The zero-order valence-electron chi connectivity index (χ0n) is 19.5. The standard InChI is InChI=1S/C27H27N3O3/c1-16(2)19-8-6-9-20(17(3)4)24(19)30-26(32)22-11-7-10-21(23(22)27(30)33)25(31)29(5)18-12-14-28-15-13-18/h6-17H,1-5H3. The first kappa shape index (κ1) is 22.4. The van der Waals surface area contributed by atoms with Gasteiger partial charge in [-0.2, -0.15) is 0 Å². The Labute approximate surface area is 193 Å². The van der Waals surface area contributed by atoms with E-state index in [1.807, 2.05) is 45.9 Å². The van der Waals surface area contributed by atoms with Crippen LogP contribution in [0.3, 0.4) is 0 Å². The van der Waals surface area contributed by atoms with Gasteiger partial charge in [0.05, 0.1) is 22.4 Å². The summed E-state index contributed by atoms with van der Waals surface area (Å²) >= 11 is 0. The molecule has 0 spiro atoms. The summed E-state index contributed by atoms with van der Waals surface area (Å²) in [6, 6.07) is 14.2. The Hall–Kier alpha value is -3.80. The number of carbonyl (C=O) groups is 3. The molecule has 0 radical (unpaired) electrons. The molecule has 0 saturated heterocycles. The lowest BCUT2D eigenvalue weighted by molar-refractivity contribution is 0.0917. The van der Waals surface area contributed by atoms with Gasteiger partial charge in [-0.3, -0.25) is 19.4 Å². The molecule has 0 bridgehead atoms. The van der Waals surface area contributed by atoms with Crippen LogP contribution in [0, 0.1) is 0 Å². The van der Waals surface area contributed by atoms with Crippen molar-refractivity contribution < 1.29 is 14.4 Å². The van der Waals surface area contributed by atoms with Gasteiger partial charge in [-0.25, -0.2) is 4.90 Å². The van der Waals surface area contributed by atoms with E-state index in [9.17, 15) is 14.4 Å². The predicted molar refractivity (Wildman–Crippen MR) is 129 cm³/mol. The minimum atomic E-state index is -0.461. The summed E-state index contributed by atoms with van der Waals surface area (Å²) in [4.78, 5) is 47.4. The Balaban J connectivity index is 1.85. The monoisotopic (exact) mass is 441 g/mol. The fourth-order valence-electron chi connectivity index (χ4n) is 4.30. The highest BCUT2D eigenvalue weighted by Crippen LogP contribution is 2.40. The second-order valence-electron chi connectivity index (χ2n) is 8.84. The van der Waals surface area contributed by atoms with E-state index in [0.717, 1.165) is 11.1 Å². The second-order valence-corrected chi connectivity index (χ2v) is 8.84. The van der Waals surface area contributed by atoms with Crippen LogP contribution in [-0.2, 0) is 0 Å². The highest BCUT2D eigenvalue weighted by Gasteiger charge is 2.42. The van der Waals surface area contributed by atoms with Gasteiger partial charge in [0.15, 0.2) is 0 Å². The van der Waals surface area contributed by atoms with Crippen LogP contribution in [-0.4, -0.2) is 29.8 Å². The van der Waals surface area contributed by atoms with Crippen LogP contribution in [0.2, 0.25) is 0 Å². The molecule has 4 rings (SSSR count). The molecule has 6 nitrogen and oxygen atoms in total. The SMILES string of the molecule is CC(C)c1cccc(C(C)C)c1N1C(=O)c2cccc(C(=O)N(C)c3ccncc3)c2C1=O. The number of hydrogen-bond donors (Lipinski definition) is 0. The largest absolute Gasteiger partial charge is 0.311 e. The summed E-state index contributed by atoms with van der Waals surface area (Å²) in [7, 11) is 1.64. The molecule has 33 heavy (non-hydrogen) atoms. The third-order valence-corrected chi connectivity index (χ3v) is 6.07. The average Bonchev–Trinajstić information content (AvgIpc) is 3.07. The molecule has 0 fully saturated rings. The van der Waals surface area contributed by atoms with Crippen molar-refractivity contribution in [3.8, 4) is 0 Å². The maximum atomic E-state index is 13.8. The Morgan fingerprint density at radius 1 is 0.848 bits per heavy atom. The van der Waals surface area contributed by atoms with Crippen molar-refractivity contribution in [1.82, 2.24) is 4.98 Å². The van der Waals surface area contributed by atoms with Gasteiger partial charge in [-0.05, 0) is 47.2 Å². The maximum absolute atomic E-state index is 13.8. The van der Waals surface area contributed by atoms with Gasteiger partial charge in [0, 0.05) is 25.1 Å². The van der Waals surface area contributed by atoms with Crippen LogP contribution in [0.15, 0.2) is 60.9 Å². The van der Waals surface area contributed by atoms with Crippen LogP contribution in [0.25, 0.3) is 0 Å². The van der Waals surface area contributed by atoms with E-state index in [2.05, 4.69) is 4.98 Å². The molecule has 168 valence electrons. The van der Waals surface area contributed by atoms with Gasteiger partial charge >= 0.3 is 0 Å². The topological polar surface area (TPSA) is 70.6 Å². The highest BCUT2D eigenvalue weighted by molar-refractivity contribution is 6.37. The summed E-state index contributed by atoms with van der Waals surface area (Å²) in [6.45, 7) is 8.17. The Morgan fingerprint density at radius 3 is 2.00 bits per heavy atom. The summed E-state index contributed by atoms with van der Waals surface area (Å²) in [5, 5.41) is 0. The number of aromatic nitrogens is 1. The minimum Gasteiger partial charge on any atom is -0.311 e. The Bertz CT molecular complexity index is 1220. The van der Waals surface area contributed by atoms with Crippen molar-refractivity contribution >= 4 is 29.1 Å². The number of nitrogens with zero attached hydrogens (tertiary/aromatic N) is 3. The lowest BCUT2D eigenvalue weighted by Crippen LogP contribution is -2.33. The third-order valence-electron chi connectivity index (χ3n) is 6.07. The number of para-hydroxylation sites is 1. The fraction of sp³-hybridized carbons (Fsp3) is 0.259. The highest BCUT2D eigenvalue weighted by atomic mass is 16.2.